The Labute approximate surface area is 147 Å². The monoisotopic (exact) mass is 347 g/mol. The zero-order chi connectivity index (χ0) is 17.4. The first-order valence-electron chi connectivity index (χ1n) is 7.95. The maximum Gasteiger partial charge on any atom is 0.261 e. The smallest absolute Gasteiger partial charge is 0.261 e. The van der Waals surface area contributed by atoms with Gasteiger partial charge in [-0.05, 0) is 48.7 Å². The summed E-state index contributed by atoms with van der Waals surface area (Å²) >= 11 is 5.93. The average Bonchev–Trinajstić information content (AvgIpc) is 2.60. The van der Waals surface area contributed by atoms with Gasteiger partial charge in [-0.3, -0.25) is 4.79 Å². The van der Waals surface area contributed by atoms with Gasteiger partial charge in [0.2, 0.25) is 0 Å². The Balaban J connectivity index is 1.82. The van der Waals surface area contributed by atoms with Gasteiger partial charge in [0.15, 0.2) is 6.10 Å². The summed E-state index contributed by atoms with van der Waals surface area (Å²) in [6.45, 7) is 2.47. The first kappa shape index (κ1) is 18.1. The summed E-state index contributed by atoms with van der Waals surface area (Å²) in [4.78, 5) is 12.3. The molecule has 0 heterocycles. The summed E-state index contributed by atoms with van der Waals surface area (Å²) in [6.07, 6.45) is 0.809. The van der Waals surface area contributed by atoms with Crippen LogP contribution in [0, 0.1) is 0 Å². The fourth-order valence-corrected chi connectivity index (χ4v) is 2.44. The van der Waals surface area contributed by atoms with Crippen LogP contribution in [-0.2, 0) is 11.2 Å². The van der Waals surface area contributed by atoms with Crippen LogP contribution in [-0.4, -0.2) is 25.7 Å². The topological polar surface area (TPSA) is 47.6 Å². The van der Waals surface area contributed by atoms with Crippen molar-refractivity contribution in [2.45, 2.75) is 25.9 Å². The molecule has 24 heavy (non-hydrogen) atoms. The number of benzene rings is 2. The Morgan fingerprint density at radius 2 is 1.92 bits per heavy atom. The molecule has 0 fully saturated rings. The molecule has 0 aliphatic rings. The summed E-state index contributed by atoms with van der Waals surface area (Å²) in [6, 6.07) is 14.9. The third-order valence-corrected chi connectivity index (χ3v) is 3.84. The van der Waals surface area contributed by atoms with Gasteiger partial charge in [0, 0.05) is 11.6 Å². The lowest BCUT2D eigenvalue weighted by molar-refractivity contribution is -0.128. The molecule has 5 heteroatoms. The minimum atomic E-state index is -0.528. The highest BCUT2D eigenvalue weighted by molar-refractivity contribution is 6.30. The van der Waals surface area contributed by atoms with Crippen LogP contribution in [0.2, 0.25) is 5.02 Å². The van der Waals surface area contributed by atoms with Crippen molar-refractivity contribution in [2.75, 3.05) is 13.7 Å². The molecule has 1 amide bonds. The molecule has 0 aromatic heterocycles. The molecule has 0 aliphatic carbocycles. The minimum absolute atomic E-state index is 0.119. The molecule has 1 N–H and O–H groups in total. The van der Waals surface area contributed by atoms with Crippen molar-refractivity contribution in [3.63, 3.8) is 0 Å². The number of carbonyl (C=O) groups is 1. The molecule has 2 aromatic rings. The van der Waals surface area contributed by atoms with Gasteiger partial charge in [-0.25, -0.2) is 0 Å². The molecule has 0 unspecified atom stereocenters. The predicted molar refractivity (Wildman–Crippen MR) is 95.9 cm³/mol. The Bertz CT molecular complexity index is 658. The second-order valence-electron chi connectivity index (χ2n) is 5.36. The second kappa shape index (κ2) is 9.18. The molecule has 0 radical (unpaired) electrons. The fourth-order valence-electron chi connectivity index (χ4n) is 2.26. The van der Waals surface area contributed by atoms with Crippen LogP contribution in [0.25, 0.3) is 0 Å². The van der Waals surface area contributed by atoms with Crippen LogP contribution in [0.3, 0.4) is 0 Å². The number of methoxy groups -OCH3 is 1. The van der Waals surface area contributed by atoms with Crippen molar-refractivity contribution in [3.05, 3.63) is 59.1 Å². The lowest BCUT2D eigenvalue weighted by Gasteiger charge is -2.17. The number of amides is 1. The first-order chi connectivity index (χ1) is 11.6. The average molecular weight is 348 g/mol. The number of carbonyl (C=O) groups excluding carboxylic acids is 1. The van der Waals surface area contributed by atoms with E-state index in [1.807, 2.05) is 31.2 Å². The van der Waals surface area contributed by atoms with Gasteiger partial charge in [-0.2, -0.15) is 0 Å². The van der Waals surface area contributed by atoms with Gasteiger partial charge in [0.25, 0.3) is 5.91 Å². The Kier molecular flexibility index (Phi) is 6.94. The Morgan fingerprint density at radius 1 is 1.17 bits per heavy atom. The van der Waals surface area contributed by atoms with E-state index in [2.05, 4.69) is 5.32 Å². The van der Waals surface area contributed by atoms with E-state index in [4.69, 9.17) is 21.1 Å². The van der Waals surface area contributed by atoms with Gasteiger partial charge in [0.1, 0.15) is 11.5 Å². The molecule has 1 atom stereocenters. The fraction of sp³-hybridized carbons (Fsp3) is 0.316. The molecule has 0 spiro atoms. The normalized spacial score (nSPS) is 11.6. The quantitative estimate of drug-likeness (QED) is 0.788. The zero-order valence-corrected chi connectivity index (χ0v) is 14.7. The second-order valence-corrected chi connectivity index (χ2v) is 5.80. The molecule has 0 bridgehead atoms. The highest BCUT2D eigenvalue weighted by Gasteiger charge is 2.17. The maximum atomic E-state index is 12.3. The third kappa shape index (κ3) is 5.46. The van der Waals surface area contributed by atoms with Crippen LogP contribution < -0.4 is 14.8 Å². The van der Waals surface area contributed by atoms with Crippen LogP contribution in [0.4, 0.5) is 0 Å². The van der Waals surface area contributed by atoms with E-state index in [-0.39, 0.29) is 5.91 Å². The molecule has 0 saturated carbocycles. The lowest BCUT2D eigenvalue weighted by atomic mass is 10.1. The third-order valence-electron chi connectivity index (χ3n) is 3.61. The maximum absolute atomic E-state index is 12.3. The van der Waals surface area contributed by atoms with Crippen molar-refractivity contribution in [2.24, 2.45) is 0 Å². The Hall–Kier alpha value is -2.20. The van der Waals surface area contributed by atoms with Gasteiger partial charge in [-0.15, -0.1) is 0 Å². The molecule has 4 nitrogen and oxygen atoms in total. The highest BCUT2D eigenvalue weighted by Crippen LogP contribution is 2.19. The van der Waals surface area contributed by atoms with Crippen molar-refractivity contribution < 1.29 is 14.3 Å². The Morgan fingerprint density at radius 3 is 2.54 bits per heavy atom. The van der Waals surface area contributed by atoms with Crippen molar-refractivity contribution in [1.82, 2.24) is 5.32 Å². The largest absolute Gasteiger partial charge is 0.497 e. The van der Waals surface area contributed by atoms with Crippen LogP contribution in [0.15, 0.2) is 48.5 Å². The van der Waals surface area contributed by atoms with E-state index >= 15 is 0 Å². The van der Waals surface area contributed by atoms with Crippen molar-refractivity contribution in [1.29, 1.82) is 0 Å². The summed E-state index contributed by atoms with van der Waals surface area (Å²) < 4.78 is 10.9. The molecule has 2 aromatic carbocycles. The molecular weight excluding hydrogens is 326 g/mol. The molecule has 0 aliphatic heterocycles. The molecule has 2 rings (SSSR count). The number of halogens is 1. The predicted octanol–water partition coefficient (Wildman–Crippen LogP) is 3.86. The van der Waals surface area contributed by atoms with Crippen LogP contribution in [0.5, 0.6) is 11.5 Å². The van der Waals surface area contributed by atoms with E-state index in [1.54, 1.807) is 31.4 Å². The highest BCUT2D eigenvalue weighted by atomic mass is 35.5. The van der Waals surface area contributed by atoms with E-state index in [0.717, 1.165) is 17.7 Å². The van der Waals surface area contributed by atoms with Crippen molar-refractivity contribution >= 4 is 17.5 Å². The number of hydrogen-bond donors (Lipinski definition) is 1. The van der Waals surface area contributed by atoms with Gasteiger partial charge >= 0.3 is 0 Å². The first-order valence-corrected chi connectivity index (χ1v) is 8.33. The van der Waals surface area contributed by atoms with Gasteiger partial charge < -0.3 is 14.8 Å². The van der Waals surface area contributed by atoms with E-state index in [9.17, 15) is 4.79 Å². The number of hydrogen-bond acceptors (Lipinski definition) is 3. The summed E-state index contributed by atoms with van der Waals surface area (Å²) in [5.74, 6) is 1.30. The number of rotatable bonds is 8. The zero-order valence-electron chi connectivity index (χ0n) is 13.9. The minimum Gasteiger partial charge on any atom is -0.497 e. The standard InChI is InChI=1S/C19H22ClNO3/c1-3-18(24-17-6-4-5-15(20)13-17)19(22)21-12-11-14-7-9-16(23-2)10-8-14/h4-10,13,18H,3,11-12H2,1-2H3,(H,21,22)/t18-/m0/s1. The summed E-state index contributed by atoms with van der Waals surface area (Å²) in [5.41, 5.74) is 1.14. The van der Waals surface area contributed by atoms with Gasteiger partial charge in [0.05, 0.1) is 7.11 Å². The van der Waals surface area contributed by atoms with E-state index in [0.29, 0.717) is 23.7 Å². The molecule has 128 valence electrons. The number of ether oxygens (including phenoxy) is 2. The lowest BCUT2D eigenvalue weighted by Crippen LogP contribution is -2.38. The molecular formula is C19H22ClNO3. The van der Waals surface area contributed by atoms with E-state index in [1.165, 1.54) is 0 Å². The van der Waals surface area contributed by atoms with Gasteiger partial charge in [-0.1, -0.05) is 36.7 Å². The molecule has 0 saturated heterocycles. The summed E-state index contributed by atoms with van der Waals surface area (Å²) in [7, 11) is 1.64. The summed E-state index contributed by atoms with van der Waals surface area (Å²) in [5, 5.41) is 3.50. The van der Waals surface area contributed by atoms with E-state index < -0.39 is 6.10 Å². The van der Waals surface area contributed by atoms with Crippen LogP contribution in [0.1, 0.15) is 18.9 Å². The van der Waals surface area contributed by atoms with Crippen LogP contribution >= 0.6 is 11.6 Å². The number of nitrogens with one attached hydrogen (secondary N) is 1. The van der Waals surface area contributed by atoms with Crippen molar-refractivity contribution in [3.8, 4) is 11.5 Å². The SMILES string of the molecule is CC[C@H](Oc1cccc(Cl)c1)C(=O)NCCc1ccc(OC)cc1.